The Bertz CT molecular complexity index is 1040. The summed E-state index contributed by atoms with van der Waals surface area (Å²) in [5.41, 5.74) is 6.89. The van der Waals surface area contributed by atoms with Gasteiger partial charge in [-0.15, -0.1) is 0 Å². The van der Waals surface area contributed by atoms with E-state index in [1.54, 1.807) is 66.7 Å². The molecule has 8 nitrogen and oxygen atoms in total. The van der Waals surface area contributed by atoms with Crippen LogP contribution in [-0.2, 0) is 11.3 Å². The van der Waals surface area contributed by atoms with Crippen LogP contribution in [0.1, 0.15) is 21.7 Å². The lowest BCUT2D eigenvalue weighted by Crippen LogP contribution is -2.34. The van der Waals surface area contributed by atoms with Gasteiger partial charge in [-0.05, 0) is 42.0 Å². The first-order valence-electron chi connectivity index (χ1n) is 9.06. The number of hydrogen-bond acceptors (Lipinski definition) is 4. The molecule has 0 saturated heterocycles. The SMILES string of the molecule is NC(=O)Nc1ccc(CNC(=O)C(=Cc2ccco2)NC(=O)c2ccccc2)cc1. The number of benzene rings is 2. The van der Waals surface area contributed by atoms with Crippen LogP contribution in [0.25, 0.3) is 6.08 Å². The summed E-state index contributed by atoms with van der Waals surface area (Å²) in [5, 5.41) is 7.84. The number of rotatable bonds is 7. The van der Waals surface area contributed by atoms with Gasteiger partial charge in [0.05, 0.1) is 6.26 Å². The maximum Gasteiger partial charge on any atom is 0.316 e. The van der Waals surface area contributed by atoms with Crippen LogP contribution in [0.2, 0.25) is 0 Å². The summed E-state index contributed by atoms with van der Waals surface area (Å²) < 4.78 is 5.26. The summed E-state index contributed by atoms with van der Waals surface area (Å²) in [6.45, 7) is 0.215. The van der Waals surface area contributed by atoms with E-state index in [9.17, 15) is 14.4 Å². The summed E-state index contributed by atoms with van der Waals surface area (Å²) in [6.07, 6.45) is 2.93. The third kappa shape index (κ3) is 5.83. The van der Waals surface area contributed by atoms with E-state index in [0.29, 0.717) is 17.0 Å². The van der Waals surface area contributed by atoms with E-state index in [4.69, 9.17) is 10.2 Å². The van der Waals surface area contributed by atoms with Crippen molar-refractivity contribution >= 4 is 29.6 Å². The minimum absolute atomic E-state index is 0.0471. The number of primary amides is 1. The minimum Gasteiger partial charge on any atom is -0.465 e. The van der Waals surface area contributed by atoms with E-state index in [-0.39, 0.29) is 12.2 Å². The summed E-state index contributed by atoms with van der Waals surface area (Å²) in [7, 11) is 0. The molecular weight excluding hydrogens is 384 g/mol. The van der Waals surface area contributed by atoms with Gasteiger partial charge in [-0.3, -0.25) is 9.59 Å². The Morgan fingerprint density at radius 3 is 2.30 bits per heavy atom. The molecule has 30 heavy (non-hydrogen) atoms. The predicted molar refractivity (Wildman–Crippen MR) is 112 cm³/mol. The number of carbonyl (C=O) groups is 3. The first kappa shape index (κ1) is 20.4. The second-order valence-electron chi connectivity index (χ2n) is 6.26. The van der Waals surface area contributed by atoms with E-state index in [2.05, 4.69) is 16.0 Å². The summed E-state index contributed by atoms with van der Waals surface area (Å²) in [5.74, 6) is -0.462. The van der Waals surface area contributed by atoms with Crippen LogP contribution in [0.5, 0.6) is 0 Å². The van der Waals surface area contributed by atoms with E-state index in [1.807, 2.05) is 0 Å². The highest BCUT2D eigenvalue weighted by molar-refractivity contribution is 6.05. The van der Waals surface area contributed by atoms with Gasteiger partial charge in [-0.25, -0.2) is 4.79 Å². The molecule has 0 saturated carbocycles. The molecule has 0 aliphatic carbocycles. The van der Waals surface area contributed by atoms with Gasteiger partial charge in [0.15, 0.2) is 0 Å². The van der Waals surface area contributed by atoms with Crippen LogP contribution in [0.4, 0.5) is 10.5 Å². The number of amides is 4. The molecule has 3 aromatic rings. The van der Waals surface area contributed by atoms with Gasteiger partial charge in [0.25, 0.3) is 11.8 Å². The van der Waals surface area contributed by atoms with E-state index in [1.165, 1.54) is 12.3 Å². The molecule has 0 fully saturated rings. The van der Waals surface area contributed by atoms with Gasteiger partial charge >= 0.3 is 6.03 Å². The Labute approximate surface area is 172 Å². The second-order valence-corrected chi connectivity index (χ2v) is 6.26. The molecule has 0 spiro atoms. The van der Waals surface area contributed by atoms with Gasteiger partial charge < -0.3 is 26.1 Å². The van der Waals surface area contributed by atoms with Gasteiger partial charge in [-0.1, -0.05) is 30.3 Å². The fraction of sp³-hybridized carbons (Fsp3) is 0.0455. The second kappa shape index (κ2) is 9.74. The van der Waals surface area contributed by atoms with Crippen LogP contribution in [0.3, 0.4) is 0 Å². The molecule has 8 heteroatoms. The number of nitrogens with two attached hydrogens (primary N) is 1. The topological polar surface area (TPSA) is 126 Å². The molecule has 152 valence electrons. The van der Waals surface area contributed by atoms with Crippen molar-refractivity contribution in [3.63, 3.8) is 0 Å². The molecule has 0 bridgehead atoms. The molecular formula is C22H20N4O4. The smallest absolute Gasteiger partial charge is 0.316 e. The molecule has 5 N–H and O–H groups in total. The maximum atomic E-state index is 12.7. The lowest BCUT2D eigenvalue weighted by atomic mass is 10.2. The third-order valence-corrected chi connectivity index (χ3v) is 4.03. The average molecular weight is 404 g/mol. The van der Waals surface area contributed by atoms with Crippen molar-refractivity contribution in [1.29, 1.82) is 0 Å². The molecule has 1 aromatic heterocycles. The highest BCUT2D eigenvalue weighted by Crippen LogP contribution is 2.11. The van der Waals surface area contributed by atoms with Crippen molar-refractivity contribution in [3.05, 3.63) is 95.6 Å². The Morgan fingerprint density at radius 1 is 0.933 bits per heavy atom. The zero-order chi connectivity index (χ0) is 21.3. The lowest BCUT2D eigenvalue weighted by Gasteiger charge is -2.11. The maximum absolute atomic E-state index is 12.7. The molecule has 1 heterocycles. The molecule has 0 unspecified atom stereocenters. The largest absolute Gasteiger partial charge is 0.465 e. The molecule has 2 aromatic carbocycles. The zero-order valence-electron chi connectivity index (χ0n) is 15.9. The quantitative estimate of drug-likeness (QED) is 0.452. The number of hydrogen-bond donors (Lipinski definition) is 4. The Hall–Kier alpha value is -4.33. The van der Waals surface area contributed by atoms with Crippen LogP contribution in [0, 0.1) is 0 Å². The fourth-order valence-corrected chi connectivity index (χ4v) is 2.58. The van der Waals surface area contributed by atoms with Gasteiger partial charge in [-0.2, -0.15) is 0 Å². The number of nitrogens with one attached hydrogen (secondary N) is 3. The van der Waals surface area contributed by atoms with E-state index < -0.39 is 17.8 Å². The van der Waals surface area contributed by atoms with Crippen molar-refractivity contribution in [2.24, 2.45) is 5.73 Å². The van der Waals surface area contributed by atoms with Gasteiger partial charge in [0.1, 0.15) is 11.5 Å². The van der Waals surface area contributed by atoms with Crippen LogP contribution in [0.15, 0.2) is 83.1 Å². The standard InChI is InChI=1S/C22H20N4O4/c23-22(29)25-17-10-8-15(9-11-17)14-24-21(28)19(13-18-7-4-12-30-18)26-20(27)16-5-2-1-3-6-16/h1-13H,14H2,(H,24,28)(H,26,27)(H3,23,25,29). The molecule has 0 radical (unpaired) electrons. The van der Waals surface area contributed by atoms with Crippen molar-refractivity contribution in [3.8, 4) is 0 Å². The Kier molecular flexibility index (Phi) is 6.63. The number of furan rings is 1. The Balaban J connectivity index is 1.69. The normalized spacial score (nSPS) is 10.9. The minimum atomic E-state index is -0.655. The van der Waals surface area contributed by atoms with E-state index >= 15 is 0 Å². The lowest BCUT2D eigenvalue weighted by molar-refractivity contribution is -0.117. The van der Waals surface area contributed by atoms with Crippen molar-refractivity contribution < 1.29 is 18.8 Å². The molecule has 0 aliphatic rings. The summed E-state index contributed by atoms with van der Waals surface area (Å²) in [6, 6.07) is 18.1. The fourth-order valence-electron chi connectivity index (χ4n) is 2.58. The van der Waals surface area contributed by atoms with Crippen LogP contribution in [-0.4, -0.2) is 17.8 Å². The van der Waals surface area contributed by atoms with Crippen molar-refractivity contribution in [1.82, 2.24) is 10.6 Å². The number of urea groups is 1. The van der Waals surface area contributed by atoms with Crippen molar-refractivity contribution in [2.45, 2.75) is 6.54 Å². The summed E-state index contributed by atoms with van der Waals surface area (Å²) in [4.78, 5) is 36.1. The molecule has 3 rings (SSSR count). The average Bonchev–Trinajstić information content (AvgIpc) is 3.26. The third-order valence-electron chi connectivity index (χ3n) is 4.03. The van der Waals surface area contributed by atoms with Crippen LogP contribution >= 0.6 is 0 Å². The van der Waals surface area contributed by atoms with Crippen molar-refractivity contribution in [2.75, 3.05) is 5.32 Å². The monoisotopic (exact) mass is 404 g/mol. The number of carbonyl (C=O) groups excluding carboxylic acids is 3. The van der Waals surface area contributed by atoms with Crippen LogP contribution < -0.4 is 21.7 Å². The molecule has 0 atom stereocenters. The van der Waals surface area contributed by atoms with Gasteiger partial charge in [0, 0.05) is 23.9 Å². The number of anilines is 1. The molecule has 0 aliphatic heterocycles. The molecule has 4 amide bonds. The highest BCUT2D eigenvalue weighted by atomic mass is 16.3. The highest BCUT2D eigenvalue weighted by Gasteiger charge is 2.15. The van der Waals surface area contributed by atoms with E-state index in [0.717, 1.165) is 5.56 Å². The first-order chi connectivity index (χ1) is 14.5. The Morgan fingerprint density at radius 2 is 1.67 bits per heavy atom. The summed E-state index contributed by atoms with van der Waals surface area (Å²) >= 11 is 0. The predicted octanol–water partition coefficient (Wildman–Crippen LogP) is 2.86. The first-order valence-corrected chi connectivity index (χ1v) is 9.06. The zero-order valence-corrected chi connectivity index (χ0v) is 15.9. The van der Waals surface area contributed by atoms with Gasteiger partial charge in [0.2, 0.25) is 0 Å².